The molecule has 14 aromatic rings. The Labute approximate surface area is 434 Å². The van der Waals surface area contributed by atoms with Crippen LogP contribution in [0, 0.1) is 0 Å². The minimum atomic E-state index is 0.892. The van der Waals surface area contributed by atoms with Crippen LogP contribution in [0.15, 0.2) is 273 Å². The Morgan fingerprint density at radius 1 is 0.267 bits per heavy atom. The minimum Gasteiger partial charge on any atom is -0.292 e. The number of rotatable bonds is 9. The van der Waals surface area contributed by atoms with Gasteiger partial charge in [-0.3, -0.25) is 19.4 Å². The predicted octanol–water partition coefficient (Wildman–Crippen LogP) is 18.0. The van der Waals surface area contributed by atoms with Crippen LogP contribution in [0.3, 0.4) is 0 Å². The average molecular weight is 956 g/mol. The molecule has 0 amide bonds. The maximum absolute atomic E-state index is 5.34. The second-order valence-electron chi connectivity index (χ2n) is 19.0. The third kappa shape index (κ3) is 7.82. The predicted molar refractivity (Wildman–Crippen MR) is 310 cm³/mol. The van der Waals surface area contributed by atoms with E-state index in [0.717, 1.165) is 139 Å². The number of hydrogen-bond acceptors (Lipinski definition) is 4. The molecule has 9 aromatic carbocycles. The van der Waals surface area contributed by atoms with E-state index < -0.39 is 0 Å². The lowest BCUT2D eigenvalue weighted by Gasteiger charge is -2.18. The molecule has 0 bridgehead atoms. The number of para-hydroxylation sites is 2. The molecule has 5 aromatic heterocycles. The van der Waals surface area contributed by atoms with Gasteiger partial charge < -0.3 is 0 Å². The van der Waals surface area contributed by atoms with E-state index in [-0.39, 0.29) is 0 Å². The van der Waals surface area contributed by atoms with Crippen molar-refractivity contribution >= 4 is 38.5 Å². The fourth-order valence-electron chi connectivity index (χ4n) is 11.0. The summed E-state index contributed by atoms with van der Waals surface area (Å²) >= 11 is 0. The average Bonchev–Trinajstić information content (AvgIpc) is 3.90. The zero-order chi connectivity index (χ0) is 49.7. The van der Waals surface area contributed by atoms with Crippen LogP contribution in [0.1, 0.15) is 0 Å². The zero-order valence-corrected chi connectivity index (χ0v) is 40.7. The number of nitrogens with zero attached hydrogens (tertiary/aromatic N) is 5. The maximum atomic E-state index is 5.34. The van der Waals surface area contributed by atoms with Crippen molar-refractivity contribution < 1.29 is 0 Å². The third-order valence-electron chi connectivity index (χ3n) is 14.6. The van der Waals surface area contributed by atoms with E-state index in [0.29, 0.717) is 0 Å². The summed E-state index contributed by atoms with van der Waals surface area (Å²) in [7, 11) is 0. The summed E-state index contributed by atoms with van der Waals surface area (Å²) in [4.78, 5) is 19.7. The number of hydrogen-bond donors (Lipinski definition) is 0. The van der Waals surface area contributed by atoms with Crippen LogP contribution in [0.5, 0.6) is 0 Å². The molecule has 0 saturated carbocycles. The summed E-state index contributed by atoms with van der Waals surface area (Å²) in [6.45, 7) is 0. The Kier molecular flexibility index (Phi) is 10.8. The summed E-state index contributed by atoms with van der Waals surface area (Å²) in [5.41, 5.74) is 24.8. The number of benzene rings is 9. The van der Waals surface area contributed by atoms with E-state index in [2.05, 4.69) is 245 Å². The Balaban J connectivity index is 0.963. The molecular formula is C70H45N5. The van der Waals surface area contributed by atoms with Crippen LogP contribution in [-0.4, -0.2) is 24.3 Å². The van der Waals surface area contributed by atoms with Crippen LogP contribution < -0.4 is 0 Å². The van der Waals surface area contributed by atoms with Crippen LogP contribution >= 0.6 is 0 Å². The molecule has 75 heavy (non-hydrogen) atoms. The highest BCUT2D eigenvalue weighted by Gasteiger charge is 2.21. The first-order valence-electron chi connectivity index (χ1n) is 25.3. The topological polar surface area (TPSA) is 56.0 Å². The van der Waals surface area contributed by atoms with Crippen molar-refractivity contribution in [2.75, 3.05) is 0 Å². The zero-order valence-electron chi connectivity index (χ0n) is 40.7. The molecule has 0 unspecified atom stereocenters. The van der Waals surface area contributed by atoms with Gasteiger partial charge in [-0.25, -0.2) is 4.98 Å². The summed E-state index contributed by atoms with van der Waals surface area (Å²) in [5, 5.41) is 2.11. The van der Waals surface area contributed by atoms with Gasteiger partial charge in [0.15, 0.2) is 0 Å². The molecule has 0 aliphatic rings. The quantitative estimate of drug-likeness (QED) is 0.135. The molecular weight excluding hydrogens is 911 g/mol. The molecule has 0 aliphatic carbocycles. The number of imidazole rings is 1. The third-order valence-corrected chi connectivity index (χ3v) is 14.6. The van der Waals surface area contributed by atoms with Gasteiger partial charge in [-0.05, 0) is 145 Å². The van der Waals surface area contributed by atoms with E-state index in [1.807, 2.05) is 42.9 Å². The summed E-state index contributed by atoms with van der Waals surface area (Å²) < 4.78 is 2.34. The fourth-order valence-corrected chi connectivity index (χ4v) is 11.0. The molecule has 0 radical (unpaired) electrons. The van der Waals surface area contributed by atoms with Gasteiger partial charge in [-0.1, -0.05) is 188 Å². The molecule has 0 saturated heterocycles. The molecule has 5 heterocycles. The SMILES string of the molecule is c1ccc(-c2ccnc3c4ccc(-c5ccccc5-c5cc(-c6ccccc6-c6ccc(-c7ccccn7)cc6)cc(-c6ccccc6-c6ccc(-c7ccccn7)cc6)c5)cc4n4c5ccccc5nc4c23)cc1. The van der Waals surface area contributed by atoms with Gasteiger partial charge in [0.2, 0.25) is 0 Å². The number of fused-ring (bicyclic) bond motifs is 8. The van der Waals surface area contributed by atoms with Crippen molar-refractivity contribution in [1.82, 2.24) is 24.3 Å². The van der Waals surface area contributed by atoms with E-state index in [4.69, 9.17) is 9.97 Å². The lowest BCUT2D eigenvalue weighted by Crippen LogP contribution is -1.96. The second kappa shape index (κ2) is 18.5. The highest BCUT2D eigenvalue weighted by atomic mass is 15.0. The Hall–Kier alpha value is -10.1. The molecule has 0 N–H and O–H groups in total. The van der Waals surface area contributed by atoms with Crippen molar-refractivity contribution in [2.24, 2.45) is 0 Å². The van der Waals surface area contributed by atoms with Gasteiger partial charge in [0.05, 0.1) is 38.8 Å². The summed E-state index contributed by atoms with van der Waals surface area (Å²) in [5.74, 6) is 0. The molecule has 350 valence electrons. The lowest BCUT2D eigenvalue weighted by molar-refractivity contribution is 1.30. The Morgan fingerprint density at radius 2 is 0.707 bits per heavy atom. The number of aromatic nitrogens is 5. The van der Waals surface area contributed by atoms with Crippen molar-refractivity contribution in [3.8, 4) is 100 Å². The van der Waals surface area contributed by atoms with Crippen LogP contribution in [0.2, 0.25) is 0 Å². The summed E-state index contributed by atoms with van der Waals surface area (Å²) in [6, 6.07) is 91.1. The lowest BCUT2D eigenvalue weighted by atomic mass is 9.86. The van der Waals surface area contributed by atoms with Crippen molar-refractivity contribution in [2.45, 2.75) is 0 Å². The van der Waals surface area contributed by atoms with E-state index >= 15 is 0 Å². The van der Waals surface area contributed by atoms with Crippen LogP contribution in [-0.2, 0) is 0 Å². The molecule has 5 nitrogen and oxygen atoms in total. The first-order chi connectivity index (χ1) is 37.2. The van der Waals surface area contributed by atoms with E-state index in [9.17, 15) is 0 Å². The molecule has 0 fully saturated rings. The monoisotopic (exact) mass is 955 g/mol. The van der Waals surface area contributed by atoms with Gasteiger partial charge in [0, 0.05) is 35.1 Å². The molecule has 0 atom stereocenters. The van der Waals surface area contributed by atoms with Gasteiger partial charge in [0.25, 0.3) is 0 Å². The maximum Gasteiger partial charge on any atom is 0.148 e. The van der Waals surface area contributed by atoms with Gasteiger partial charge >= 0.3 is 0 Å². The molecule has 0 aliphatic heterocycles. The minimum absolute atomic E-state index is 0.892. The first kappa shape index (κ1) is 43.7. The van der Waals surface area contributed by atoms with E-state index in [1.165, 1.54) is 0 Å². The smallest absolute Gasteiger partial charge is 0.148 e. The molecule has 14 rings (SSSR count). The molecule has 0 spiro atoms. The fraction of sp³-hybridized carbons (Fsp3) is 0. The second-order valence-corrected chi connectivity index (χ2v) is 19.0. The normalized spacial score (nSPS) is 11.5. The number of pyridine rings is 4. The molecule has 5 heteroatoms. The standard InChI is InChI=1S/C70H45N5/c1-2-16-46(17-3-1)61-38-41-73-69-62-37-36-51(45-67(62)75-66-27-11-10-26-65(66)74-70(75)68(61)69)57-20-6-9-23-60(57)54-43-52(58-21-7-4-18-55(58)47-28-32-49(33-29-47)63-24-12-14-39-71-63)42-53(44-54)59-22-8-5-19-56(59)48-30-34-50(35-31-48)64-25-13-15-40-72-64/h1-45H. The Morgan fingerprint density at radius 3 is 1.24 bits per heavy atom. The van der Waals surface area contributed by atoms with Crippen molar-refractivity contribution in [3.05, 3.63) is 273 Å². The largest absolute Gasteiger partial charge is 0.292 e. The van der Waals surface area contributed by atoms with Gasteiger partial charge in [-0.15, -0.1) is 0 Å². The highest BCUT2D eigenvalue weighted by molar-refractivity contribution is 6.17. The van der Waals surface area contributed by atoms with Gasteiger partial charge in [-0.2, -0.15) is 0 Å². The van der Waals surface area contributed by atoms with Crippen molar-refractivity contribution in [1.29, 1.82) is 0 Å². The first-order valence-corrected chi connectivity index (χ1v) is 25.3. The van der Waals surface area contributed by atoms with Crippen LogP contribution in [0.4, 0.5) is 0 Å². The van der Waals surface area contributed by atoms with E-state index in [1.54, 1.807) is 0 Å². The Bertz CT molecular complexity index is 4290. The summed E-state index contributed by atoms with van der Waals surface area (Å²) in [6.07, 6.45) is 5.62. The highest BCUT2D eigenvalue weighted by Crippen LogP contribution is 2.44. The van der Waals surface area contributed by atoms with Gasteiger partial charge in [0.1, 0.15) is 5.65 Å². The van der Waals surface area contributed by atoms with Crippen molar-refractivity contribution in [3.63, 3.8) is 0 Å². The van der Waals surface area contributed by atoms with Crippen LogP contribution in [0.25, 0.3) is 139 Å².